The highest BCUT2D eigenvalue weighted by atomic mass is 79.9. The van der Waals surface area contributed by atoms with Crippen LogP contribution in [-0.4, -0.2) is 0 Å². The van der Waals surface area contributed by atoms with Crippen LogP contribution >= 0.6 is 22.8 Å². The maximum Gasteiger partial charge on any atom is -0.00824 e. The molecule has 20 heavy (non-hydrogen) atoms. The minimum Gasteiger partial charge on any atom is -0.0622 e. The number of rotatable bonds is 3. The number of halogens is 1. The Bertz CT molecular complexity index is 707. The highest BCUT2D eigenvalue weighted by Gasteiger charge is 2.09. The normalized spacial score (nSPS) is 11.1. The largest absolute Gasteiger partial charge is 0.0622 e. The Labute approximate surface area is 129 Å². The Kier molecular flexibility index (Phi) is 4.30. The third kappa shape index (κ3) is 2.70. The molecular formula is C18H14BrP. The molecule has 0 heterocycles. The lowest BCUT2D eigenvalue weighted by Gasteiger charge is -2.12. The van der Waals surface area contributed by atoms with Gasteiger partial charge in [0.25, 0.3) is 0 Å². The zero-order valence-corrected chi connectivity index (χ0v) is 13.5. The number of benzene rings is 3. The van der Waals surface area contributed by atoms with Crippen LogP contribution in [-0.2, 0) is 0 Å². The Morgan fingerprint density at radius 1 is 0.550 bits per heavy atom. The molecule has 0 N–H and O–H groups in total. The number of hydrogen-bond donors (Lipinski definition) is 0. The summed E-state index contributed by atoms with van der Waals surface area (Å²) < 4.78 is 0. The predicted molar refractivity (Wildman–Crippen MR) is 94.2 cm³/mol. The van der Waals surface area contributed by atoms with Crippen LogP contribution in [0.25, 0.3) is 22.3 Å². The first-order valence-electron chi connectivity index (χ1n) is 6.50. The van der Waals surface area contributed by atoms with E-state index in [1.807, 2.05) is 0 Å². The van der Waals surface area contributed by atoms with Gasteiger partial charge in [-0.2, -0.15) is 0 Å². The third-order valence-electron chi connectivity index (χ3n) is 3.33. The molecule has 0 nitrogen and oxygen atoms in total. The molecule has 3 aromatic carbocycles. The topological polar surface area (TPSA) is 0 Å². The Hall–Kier alpha value is -1.43. The summed E-state index contributed by atoms with van der Waals surface area (Å²) in [6, 6.07) is 27.7. The minimum absolute atomic E-state index is 0.621. The van der Waals surface area contributed by atoms with Crippen LogP contribution in [0, 0.1) is 0 Å². The Morgan fingerprint density at radius 2 is 1.10 bits per heavy atom. The number of hydrogen-bond acceptors (Lipinski definition) is 0. The van der Waals surface area contributed by atoms with Crippen molar-refractivity contribution in [2.75, 3.05) is 0 Å². The van der Waals surface area contributed by atoms with Gasteiger partial charge < -0.3 is 0 Å². The monoisotopic (exact) mass is 340 g/mol. The van der Waals surface area contributed by atoms with Crippen molar-refractivity contribution in [2.24, 2.45) is 0 Å². The molecular weight excluding hydrogens is 327 g/mol. The Morgan fingerprint density at radius 3 is 1.80 bits per heavy atom. The second-order valence-corrected chi connectivity index (χ2v) is 6.47. The van der Waals surface area contributed by atoms with Crippen LogP contribution in [0.2, 0.25) is 0 Å². The molecule has 2 heteroatoms. The fourth-order valence-electron chi connectivity index (χ4n) is 2.39. The summed E-state index contributed by atoms with van der Waals surface area (Å²) in [5.41, 5.74) is 5.14. The maximum atomic E-state index is 3.61. The SMILES string of the molecule is BrPc1ccccc1-c1ccccc1-c1ccccc1. The molecule has 98 valence electrons. The van der Waals surface area contributed by atoms with E-state index in [-0.39, 0.29) is 0 Å². The van der Waals surface area contributed by atoms with Gasteiger partial charge in [0, 0.05) is 0 Å². The maximum absolute atomic E-state index is 3.61. The van der Waals surface area contributed by atoms with Crippen LogP contribution < -0.4 is 5.30 Å². The van der Waals surface area contributed by atoms with Gasteiger partial charge in [-0.05, 0) is 34.8 Å². The summed E-state index contributed by atoms with van der Waals surface area (Å²) in [5, 5.41) is 1.34. The average molecular weight is 341 g/mol. The summed E-state index contributed by atoms with van der Waals surface area (Å²) >= 11 is 3.61. The van der Waals surface area contributed by atoms with Gasteiger partial charge in [0.1, 0.15) is 0 Å². The minimum atomic E-state index is 0.621. The van der Waals surface area contributed by atoms with Crippen molar-refractivity contribution >= 4 is 28.1 Å². The first kappa shape index (κ1) is 13.5. The van der Waals surface area contributed by atoms with Crippen molar-refractivity contribution in [2.45, 2.75) is 0 Å². The van der Waals surface area contributed by atoms with E-state index in [4.69, 9.17) is 0 Å². The van der Waals surface area contributed by atoms with E-state index < -0.39 is 0 Å². The van der Waals surface area contributed by atoms with Crippen molar-refractivity contribution in [3.05, 3.63) is 78.9 Å². The molecule has 0 spiro atoms. The van der Waals surface area contributed by atoms with E-state index in [9.17, 15) is 0 Å². The van der Waals surface area contributed by atoms with Gasteiger partial charge in [-0.1, -0.05) is 94.4 Å². The van der Waals surface area contributed by atoms with Gasteiger partial charge in [-0.25, -0.2) is 0 Å². The molecule has 0 radical (unpaired) electrons. The smallest absolute Gasteiger partial charge is 0.00824 e. The summed E-state index contributed by atoms with van der Waals surface area (Å²) in [6.45, 7) is 0. The second kappa shape index (κ2) is 6.35. The van der Waals surface area contributed by atoms with Crippen molar-refractivity contribution in [3.63, 3.8) is 0 Å². The molecule has 0 aliphatic heterocycles. The van der Waals surface area contributed by atoms with E-state index in [1.54, 1.807) is 0 Å². The van der Waals surface area contributed by atoms with Gasteiger partial charge >= 0.3 is 0 Å². The molecule has 0 fully saturated rings. The highest BCUT2D eigenvalue weighted by Crippen LogP contribution is 2.34. The molecule has 3 aromatic rings. The first-order valence-corrected chi connectivity index (χ1v) is 9.76. The van der Waals surface area contributed by atoms with E-state index in [0.717, 1.165) is 0 Å². The zero-order chi connectivity index (χ0) is 13.8. The average Bonchev–Trinajstić information content (AvgIpc) is 2.55. The van der Waals surface area contributed by atoms with Crippen molar-refractivity contribution < 1.29 is 0 Å². The van der Waals surface area contributed by atoms with Crippen molar-refractivity contribution in [3.8, 4) is 22.3 Å². The predicted octanol–water partition coefficient (Wildman–Crippen LogP) is 5.63. The van der Waals surface area contributed by atoms with Gasteiger partial charge in [0.05, 0.1) is 0 Å². The van der Waals surface area contributed by atoms with Crippen LogP contribution in [0.4, 0.5) is 0 Å². The van der Waals surface area contributed by atoms with Gasteiger partial charge in [-0.15, -0.1) is 0 Å². The van der Waals surface area contributed by atoms with Gasteiger partial charge in [-0.3, -0.25) is 0 Å². The third-order valence-corrected chi connectivity index (χ3v) is 5.25. The van der Waals surface area contributed by atoms with Crippen LogP contribution in [0.5, 0.6) is 0 Å². The van der Waals surface area contributed by atoms with E-state index in [1.165, 1.54) is 27.6 Å². The highest BCUT2D eigenvalue weighted by molar-refractivity contribution is 9.37. The fourth-order valence-corrected chi connectivity index (χ4v) is 3.90. The van der Waals surface area contributed by atoms with E-state index in [0.29, 0.717) is 7.28 Å². The van der Waals surface area contributed by atoms with Crippen LogP contribution in [0.3, 0.4) is 0 Å². The molecule has 1 atom stereocenters. The lowest BCUT2D eigenvalue weighted by molar-refractivity contribution is 1.60. The molecule has 0 amide bonds. The second-order valence-electron chi connectivity index (χ2n) is 4.55. The van der Waals surface area contributed by atoms with Crippen molar-refractivity contribution in [1.29, 1.82) is 0 Å². The Balaban J connectivity index is 2.20. The van der Waals surface area contributed by atoms with E-state index in [2.05, 4.69) is 94.4 Å². The van der Waals surface area contributed by atoms with E-state index >= 15 is 0 Å². The summed E-state index contributed by atoms with van der Waals surface area (Å²) in [6.07, 6.45) is 0. The van der Waals surface area contributed by atoms with Gasteiger partial charge in [0.2, 0.25) is 0 Å². The fraction of sp³-hybridized carbons (Fsp3) is 0. The molecule has 0 saturated heterocycles. The molecule has 3 rings (SSSR count). The molecule has 0 aliphatic carbocycles. The zero-order valence-electron chi connectivity index (χ0n) is 10.9. The molecule has 0 aliphatic rings. The molecule has 0 aromatic heterocycles. The quantitative estimate of drug-likeness (QED) is 0.541. The van der Waals surface area contributed by atoms with Crippen molar-refractivity contribution in [1.82, 2.24) is 0 Å². The van der Waals surface area contributed by atoms with Crippen LogP contribution in [0.1, 0.15) is 0 Å². The molecule has 0 bridgehead atoms. The standard InChI is InChI=1S/C18H14BrP/c19-20-18-13-7-6-12-17(18)16-11-5-4-10-15(16)14-8-2-1-3-9-14/h1-13,20H. The lowest BCUT2D eigenvalue weighted by atomic mass is 9.95. The summed E-state index contributed by atoms with van der Waals surface area (Å²) in [5.74, 6) is 0. The molecule has 0 saturated carbocycles. The summed E-state index contributed by atoms with van der Waals surface area (Å²) in [7, 11) is 0.621. The summed E-state index contributed by atoms with van der Waals surface area (Å²) in [4.78, 5) is 0. The van der Waals surface area contributed by atoms with Crippen LogP contribution in [0.15, 0.2) is 78.9 Å². The first-order chi connectivity index (χ1) is 9.90. The lowest BCUT2D eigenvalue weighted by Crippen LogP contribution is -1.98. The molecule has 1 unspecified atom stereocenters. The van der Waals surface area contributed by atoms with Gasteiger partial charge in [0.15, 0.2) is 0 Å².